The minimum Gasteiger partial charge on any atom is -0.337 e. The van der Waals surface area contributed by atoms with Crippen molar-refractivity contribution in [1.29, 1.82) is 0 Å². The summed E-state index contributed by atoms with van der Waals surface area (Å²) >= 11 is 7.23. The number of benzene rings is 2. The first-order valence-electron chi connectivity index (χ1n) is 6.72. The fourth-order valence-corrected chi connectivity index (χ4v) is 3.41. The van der Waals surface area contributed by atoms with Crippen LogP contribution in [0.4, 0.5) is 4.39 Å². The Morgan fingerprint density at radius 1 is 1.18 bits per heavy atom. The largest absolute Gasteiger partial charge is 0.337 e. The van der Waals surface area contributed by atoms with Crippen LogP contribution in [0.5, 0.6) is 0 Å². The van der Waals surface area contributed by atoms with Crippen LogP contribution in [0.3, 0.4) is 0 Å². The van der Waals surface area contributed by atoms with Crippen molar-refractivity contribution in [1.82, 2.24) is 4.90 Å². The Bertz CT molecular complexity index is 828. The highest BCUT2D eigenvalue weighted by molar-refractivity contribution is 7.20. The van der Waals surface area contributed by atoms with Crippen LogP contribution in [0.15, 0.2) is 48.5 Å². The maximum atomic E-state index is 13.2. The van der Waals surface area contributed by atoms with Crippen molar-refractivity contribution >= 4 is 38.9 Å². The van der Waals surface area contributed by atoms with Crippen molar-refractivity contribution in [2.75, 3.05) is 7.05 Å². The lowest BCUT2D eigenvalue weighted by atomic mass is 10.2. The van der Waals surface area contributed by atoms with Crippen LogP contribution in [0.2, 0.25) is 5.02 Å². The number of carbonyl (C=O) groups excluding carboxylic acids is 1. The summed E-state index contributed by atoms with van der Waals surface area (Å²) in [5.74, 6) is -0.365. The smallest absolute Gasteiger partial charge is 0.264 e. The molecule has 112 valence electrons. The van der Waals surface area contributed by atoms with E-state index in [4.69, 9.17) is 11.6 Å². The van der Waals surface area contributed by atoms with Crippen molar-refractivity contribution in [3.8, 4) is 0 Å². The van der Waals surface area contributed by atoms with E-state index in [2.05, 4.69) is 0 Å². The van der Waals surface area contributed by atoms with Gasteiger partial charge in [-0.25, -0.2) is 4.39 Å². The van der Waals surface area contributed by atoms with E-state index >= 15 is 0 Å². The Morgan fingerprint density at radius 3 is 2.64 bits per heavy atom. The van der Waals surface area contributed by atoms with Gasteiger partial charge < -0.3 is 4.90 Å². The van der Waals surface area contributed by atoms with Crippen LogP contribution >= 0.6 is 22.9 Å². The minimum absolute atomic E-state index is 0.0726. The first-order valence-corrected chi connectivity index (χ1v) is 7.91. The van der Waals surface area contributed by atoms with E-state index in [1.54, 1.807) is 36.2 Å². The van der Waals surface area contributed by atoms with Crippen LogP contribution in [0, 0.1) is 5.82 Å². The summed E-state index contributed by atoms with van der Waals surface area (Å²) in [4.78, 5) is 14.7. The van der Waals surface area contributed by atoms with Gasteiger partial charge in [-0.2, -0.15) is 0 Å². The van der Waals surface area contributed by atoms with E-state index in [1.807, 2.05) is 12.1 Å². The fourth-order valence-electron chi connectivity index (χ4n) is 2.24. The van der Waals surface area contributed by atoms with Gasteiger partial charge in [0, 0.05) is 23.3 Å². The van der Waals surface area contributed by atoms with Gasteiger partial charge in [0.05, 0.1) is 4.88 Å². The number of amides is 1. The highest BCUT2D eigenvalue weighted by Gasteiger charge is 2.15. The first kappa shape index (κ1) is 15.0. The predicted molar refractivity (Wildman–Crippen MR) is 89.0 cm³/mol. The van der Waals surface area contributed by atoms with Gasteiger partial charge in [0.15, 0.2) is 0 Å². The lowest BCUT2D eigenvalue weighted by molar-refractivity contribution is 0.0790. The van der Waals surface area contributed by atoms with Gasteiger partial charge in [0.25, 0.3) is 5.91 Å². The van der Waals surface area contributed by atoms with Crippen molar-refractivity contribution in [3.05, 3.63) is 69.8 Å². The zero-order valence-corrected chi connectivity index (χ0v) is 13.4. The topological polar surface area (TPSA) is 20.3 Å². The second kappa shape index (κ2) is 6.07. The molecule has 1 aromatic heterocycles. The summed E-state index contributed by atoms with van der Waals surface area (Å²) in [5.41, 5.74) is 1.01. The molecule has 2 aromatic carbocycles. The van der Waals surface area contributed by atoms with E-state index in [0.717, 1.165) is 15.6 Å². The van der Waals surface area contributed by atoms with Gasteiger partial charge in [-0.05, 0) is 47.3 Å². The first-order chi connectivity index (χ1) is 10.5. The Labute approximate surface area is 136 Å². The van der Waals surface area contributed by atoms with Crippen molar-refractivity contribution in [2.24, 2.45) is 0 Å². The van der Waals surface area contributed by atoms with Gasteiger partial charge in [-0.15, -0.1) is 11.3 Å². The quantitative estimate of drug-likeness (QED) is 0.663. The van der Waals surface area contributed by atoms with Crippen LogP contribution < -0.4 is 0 Å². The maximum absolute atomic E-state index is 13.2. The average molecular weight is 334 g/mol. The molecule has 0 fully saturated rings. The summed E-state index contributed by atoms with van der Waals surface area (Å²) in [6, 6.07) is 13.7. The van der Waals surface area contributed by atoms with Gasteiger partial charge in [0.2, 0.25) is 0 Å². The standard InChI is InChI=1S/C17H13ClFNOS/c1-20(10-11-2-4-13(18)5-3-11)17(21)16-9-12-8-14(19)6-7-15(12)22-16/h2-9H,10H2,1H3. The molecule has 3 rings (SSSR count). The van der Waals surface area contributed by atoms with Crippen LogP contribution in [-0.2, 0) is 6.54 Å². The molecule has 0 spiro atoms. The van der Waals surface area contributed by atoms with E-state index < -0.39 is 0 Å². The summed E-state index contributed by atoms with van der Waals surface area (Å²) in [5, 5.41) is 1.43. The molecule has 22 heavy (non-hydrogen) atoms. The fraction of sp³-hybridized carbons (Fsp3) is 0.118. The predicted octanol–water partition coefficient (Wildman–Crippen LogP) is 4.97. The number of halogens is 2. The third kappa shape index (κ3) is 3.13. The highest BCUT2D eigenvalue weighted by Crippen LogP contribution is 2.27. The SMILES string of the molecule is CN(Cc1ccc(Cl)cc1)C(=O)c1cc2cc(F)ccc2s1. The Kier molecular flexibility index (Phi) is 4.14. The van der Waals surface area contributed by atoms with Gasteiger partial charge in [-0.3, -0.25) is 4.79 Å². The second-order valence-corrected chi connectivity index (χ2v) is 6.60. The second-order valence-electron chi connectivity index (χ2n) is 5.08. The molecule has 0 aliphatic carbocycles. The van der Waals surface area contributed by atoms with Crippen LogP contribution in [0.25, 0.3) is 10.1 Å². The monoisotopic (exact) mass is 333 g/mol. The Balaban J connectivity index is 1.80. The Hall–Kier alpha value is -1.91. The van der Waals surface area contributed by atoms with Crippen molar-refractivity contribution in [2.45, 2.75) is 6.54 Å². The molecule has 1 heterocycles. The molecule has 0 N–H and O–H groups in total. The normalized spacial score (nSPS) is 10.9. The van der Waals surface area contributed by atoms with Crippen LogP contribution in [-0.4, -0.2) is 17.9 Å². The number of hydrogen-bond donors (Lipinski definition) is 0. The number of rotatable bonds is 3. The number of hydrogen-bond acceptors (Lipinski definition) is 2. The molecule has 0 aliphatic rings. The molecule has 5 heteroatoms. The summed E-state index contributed by atoms with van der Waals surface area (Å²) < 4.78 is 14.1. The lowest BCUT2D eigenvalue weighted by Gasteiger charge is -2.16. The van der Waals surface area contributed by atoms with Crippen molar-refractivity contribution in [3.63, 3.8) is 0 Å². The molecule has 0 saturated carbocycles. The molecule has 0 saturated heterocycles. The molecular weight excluding hydrogens is 321 g/mol. The maximum Gasteiger partial charge on any atom is 0.264 e. The van der Waals surface area contributed by atoms with Crippen molar-refractivity contribution < 1.29 is 9.18 Å². The molecule has 3 aromatic rings. The zero-order chi connectivity index (χ0) is 15.7. The van der Waals surface area contributed by atoms with Crippen LogP contribution in [0.1, 0.15) is 15.2 Å². The molecule has 0 aliphatic heterocycles. The highest BCUT2D eigenvalue weighted by atomic mass is 35.5. The van der Waals surface area contributed by atoms with E-state index in [1.165, 1.54) is 23.5 Å². The third-order valence-electron chi connectivity index (χ3n) is 3.37. The van der Waals surface area contributed by atoms with E-state index in [9.17, 15) is 9.18 Å². The van der Waals surface area contributed by atoms with Gasteiger partial charge >= 0.3 is 0 Å². The van der Waals surface area contributed by atoms with Gasteiger partial charge in [-0.1, -0.05) is 23.7 Å². The molecular formula is C17H13ClFNOS. The summed E-state index contributed by atoms with van der Waals surface area (Å²) in [7, 11) is 1.75. The summed E-state index contributed by atoms with van der Waals surface area (Å²) in [6.07, 6.45) is 0. The molecule has 0 atom stereocenters. The average Bonchev–Trinajstić information content (AvgIpc) is 2.91. The molecule has 0 bridgehead atoms. The molecule has 0 unspecified atom stereocenters. The minimum atomic E-state index is -0.293. The Morgan fingerprint density at radius 2 is 1.91 bits per heavy atom. The third-order valence-corrected chi connectivity index (χ3v) is 4.72. The molecule has 2 nitrogen and oxygen atoms in total. The number of thiophene rings is 1. The van der Waals surface area contributed by atoms with E-state index in [0.29, 0.717) is 16.4 Å². The molecule has 0 radical (unpaired) electrons. The molecule has 1 amide bonds. The number of carbonyl (C=O) groups is 1. The lowest BCUT2D eigenvalue weighted by Crippen LogP contribution is -2.25. The summed E-state index contributed by atoms with van der Waals surface area (Å²) in [6.45, 7) is 0.499. The van der Waals surface area contributed by atoms with E-state index in [-0.39, 0.29) is 11.7 Å². The zero-order valence-electron chi connectivity index (χ0n) is 11.8. The van der Waals surface area contributed by atoms with Gasteiger partial charge in [0.1, 0.15) is 5.82 Å². The number of nitrogens with zero attached hydrogens (tertiary/aromatic N) is 1. The number of fused-ring (bicyclic) bond motifs is 1.